The van der Waals surface area contributed by atoms with Crippen molar-refractivity contribution in [3.05, 3.63) is 41.7 Å². The first-order chi connectivity index (χ1) is 11.7. The summed E-state index contributed by atoms with van der Waals surface area (Å²) in [5, 5.41) is 9.71. The van der Waals surface area contributed by atoms with Crippen LogP contribution in [0.1, 0.15) is 43.5 Å². The molecule has 126 valence electrons. The zero-order valence-electron chi connectivity index (χ0n) is 13.7. The van der Waals surface area contributed by atoms with Gasteiger partial charge in [0.15, 0.2) is 0 Å². The van der Waals surface area contributed by atoms with Crippen molar-refractivity contribution in [1.82, 2.24) is 20.5 Å². The molecule has 0 aliphatic heterocycles. The second-order valence-electron chi connectivity index (χ2n) is 7.08. The molecule has 2 aromatic rings. The Kier molecular flexibility index (Phi) is 3.55. The van der Waals surface area contributed by atoms with Crippen LogP contribution in [-0.2, 0) is 16.6 Å². The Morgan fingerprint density at radius 3 is 2.67 bits per heavy atom. The van der Waals surface area contributed by atoms with Crippen LogP contribution in [0.3, 0.4) is 0 Å². The van der Waals surface area contributed by atoms with Crippen molar-refractivity contribution < 1.29 is 4.79 Å². The number of rotatable bonds is 5. The van der Waals surface area contributed by atoms with Crippen molar-refractivity contribution in [3.63, 3.8) is 0 Å². The van der Waals surface area contributed by atoms with E-state index in [1.54, 1.807) is 0 Å². The molecule has 1 heterocycles. The summed E-state index contributed by atoms with van der Waals surface area (Å²) in [6, 6.07) is 10.3. The molecule has 0 saturated heterocycles. The van der Waals surface area contributed by atoms with Crippen LogP contribution in [0.5, 0.6) is 0 Å². The number of aromatic amines is 1. The number of H-pyrrole nitrogens is 1. The molecule has 0 radical (unpaired) electrons. The predicted octanol–water partition coefficient (Wildman–Crippen LogP) is 1.95. The monoisotopic (exact) mass is 325 g/mol. The minimum atomic E-state index is -0.342. The molecule has 6 nitrogen and oxygen atoms in total. The summed E-state index contributed by atoms with van der Waals surface area (Å²) in [5.74, 6) is 1.10. The zero-order chi connectivity index (χ0) is 16.6. The average Bonchev–Trinajstić information content (AvgIpc) is 2.88. The average molecular weight is 325 g/mol. The molecule has 24 heavy (non-hydrogen) atoms. The molecular weight excluding hydrogens is 302 g/mol. The Morgan fingerprint density at radius 1 is 1.25 bits per heavy atom. The van der Waals surface area contributed by atoms with Crippen molar-refractivity contribution in [1.29, 1.82) is 0 Å². The highest BCUT2D eigenvalue weighted by Crippen LogP contribution is 2.72. The number of nitrogens with one attached hydrogen (secondary N) is 2. The van der Waals surface area contributed by atoms with Gasteiger partial charge in [-0.25, -0.2) is 0 Å². The molecule has 4 rings (SSSR count). The van der Waals surface area contributed by atoms with Crippen LogP contribution in [0.2, 0.25) is 0 Å². The van der Waals surface area contributed by atoms with Crippen molar-refractivity contribution in [2.75, 3.05) is 12.3 Å². The molecule has 1 aromatic heterocycles. The molecule has 1 aromatic carbocycles. The summed E-state index contributed by atoms with van der Waals surface area (Å²) >= 11 is 0. The van der Waals surface area contributed by atoms with E-state index in [0.717, 1.165) is 24.8 Å². The fraction of sp³-hybridized carbons (Fsp3) is 0.500. The maximum atomic E-state index is 13.1. The van der Waals surface area contributed by atoms with Gasteiger partial charge in [0, 0.05) is 13.0 Å². The van der Waals surface area contributed by atoms with E-state index in [-0.39, 0.29) is 22.7 Å². The lowest BCUT2D eigenvalue weighted by Crippen LogP contribution is -2.39. The van der Waals surface area contributed by atoms with Gasteiger partial charge < -0.3 is 11.1 Å². The van der Waals surface area contributed by atoms with E-state index in [1.807, 2.05) is 18.2 Å². The molecule has 1 atom stereocenters. The van der Waals surface area contributed by atoms with Gasteiger partial charge in [0.1, 0.15) is 5.82 Å². The SMILES string of the molecule is Nc1n[nH]c(CCNC(=O)[C@@]2(c3ccccc3)CC23CCCC3)n1. The van der Waals surface area contributed by atoms with Gasteiger partial charge in [0.05, 0.1) is 5.41 Å². The number of nitrogen functional groups attached to an aromatic ring is 1. The Bertz CT molecular complexity index is 735. The lowest BCUT2D eigenvalue weighted by molar-refractivity contribution is -0.124. The second-order valence-corrected chi connectivity index (χ2v) is 7.08. The topological polar surface area (TPSA) is 96.7 Å². The summed E-state index contributed by atoms with van der Waals surface area (Å²) in [6.45, 7) is 0.540. The number of aromatic nitrogens is 3. The summed E-state index contributed by atoms with van der Waals surface area (Å²) in [4.78, 5) is 17.2. The van der Waals surface area contributed by atoms with Crippen LogP contribution in [0, 0.1) is 5.41 Å². The highest BCUT2D eigenvalue weighted by molar-refractivity contribution is 5.93. The number of benzene rings is 1. The maximum Gasteiger partial charge on any atom is 0.239 e. The third-order valence-electron chi connectivity index (χ3n) is 5.80. The standard InChI is InChI=1S/C18H23N5O/c19-16-21-14(22-23-16)8-11-20-15(24)18(13-6-2-1-3-7-13)12-17(18)9-4-5-10-17/h1-3,6-7H,4-5,8-12H2,(H,20,24)(H3,19,21,22,23)/t18-/m0/s1. The van der Waals surface area contributed by atoms with E-state index in [4.69, 9.17) is 5.73 Å². The second kappa shape index (κ2) is 5.61. The smallest absolute Gasteiger partial charge is 0.239 e. The first-order valence-electron chi connectivity index (χ1n) is 8.67. The van der Waals surface area contributed by atoms with Crippen molar-refractivity contribution >= 4 is 11.9 Å². The number of anilines is 1. The molecule has 4 N–H and O–H groups in total. The van der Waals surface area contributed by atoms with Gasteiger partial charge in [-0.05, 0) is 30.2 Å². The van der Waals surface area contributed by atoms with Crippen LogP contribution in [0.25, 0.3) is 0 Å². The first kappa shape index (κ1) is 15.2. The molecule has 2 aliphatic carbocycles. The molecule has 1 spiro atoms. The molecule has 2 saturated carbocycles. The Labute approximate surface area is 141 Å². The normalized spacial score (nSPS) is 24.2. The number of amides is 1. The molecule has 0 unspecified atom stereocenters. The van der Waals surface area contributed by atoms with Crippen molar-refractivity contribution in [2.45, 2.75) is 43.9 Å². The summed E-state index contributed by atoms with van der Waals surface area (Å²) in [6.07, 6.45) is 6.37. The third-order valence-corrected chi connectivity index (χ3v) is 5.80. The Morgan fingerprint density at radius 2 is 2.00 bits per heavy atom. The Balaban J connectivity index is 1.49. The van der Waals surface area contributed by atoms with E-state index >= 15 is 0 Å². The molecule has 6 heteroatoms. The van der Waals surface area contributed by atoms with Crippen LogP contribution >= 0.6 is 0 Å². The minimum absolute atomic E-state index is 0.156. The molecular formula is C18H23N5O. The van der Waals surface area contributed by atoms with Crippen LogP contribution in [0.15, 0.2) is 30.3 Å². The van der Waals surface area contributed by atoms with Gasteiger partial charge in [-0.2, -0.15) is 4.98 Å². The lowest BCUT2D eigenvalue weighted by Gasteiger charge is -2.22. The lowest BCUT2D eigenvalue weighted by atomic mass is 9.84. The number of nitrogens with zero attached hydrogens (tertiary/aromatic N) is 2. The summed E-state index contributed by atoms with van der Waals surface area (Å²) in [7, 11) is 0. The predicted molar refractivity (Wildman–Crippen MR) is 91.1 cm³/mol. The van der Waals surface area contributed by atoms with E-state index < -0.39 is 0 Å². The largest absolute Gasteiger partial charge is 0.367 e. The molecule has 2 fully saturated rings. The highest BCUT2D eigenvalue weighted by Gasteiger charge is 2.72. The van der Waals surface area contributed by atoms with Gasteiger partial charge in [0.25, 0.3) is 0 Å². The molecule has 2 aliphatic rings. The zero-order valence-corrected chi connectivity index (χ0v) is 13.7. The van der Waals surface area contributed by atoms with Crippen LogP contribution in [-0.4, -0.2) is 27.6 Å². The quantitative estimate of drug-likeness (QED) is 0.783. The number of hydrogen-bond acceptors (Lipinski definition) is 4. The fourth-order valence-electron chi connectivity index (χ4n) is 4.57. The molecule has 1 amide bonds. The molecule has 0 bridgehead atoms. The third kappa shape index (κ3) is 2.28. The number of carbonyl (C=O) groups excluding carboxylic acids is 1. The van der Waals surface area contributed by atoms with Gasteiger partial charge in [-0.3, -0.25) is 9.89 Å². The summed E-state index contributed by atoms with van der Waals surface area (Å²) < 4.78 is 0. The first-order valence-corrected chi connectivity index (χ1v) is 8.67. The van der Waals surface area contributed by atoms with Gasteiger partial charge in [0.2, 0.25) is 11.9 Å². The van der Waals surface area contributed by atoms with Crippen LogP contribution in [0.4, 0.5) is 5.95 Å². The Hall–Kier alpha value is -2.37. The summed E-state index contributed by atoms with van der Waals surface area (Å²) in [5.41, 5.74) is 6.50. The van der Waals surface area contributed by atoms with Gasteiger partial charge in [-0.1, -0.05) is 43.2 Å². The van der Waals surface area contributed by atoms with Crippen LogP contribution < -0.4 is 11.1 Å². The number of nitrogens with two attached hydrogens (primary N) is 1. The number of hydrogen-bond donors (Lipinski definition) is 3. The van der Waals surface area contributed by atoms with Crippen molar-refractivity contribution in [3.8, 4) is 0 Å². The fourth-order valence-corrected chi connectivity index (χ4v) is 4.57. The maximum absolute atomic E-state index is 13.1. The highest BCUT2D eigenvalue weighted by atomic mass is 16.2. The van der Waals surface area contributed by atoms with Gasteiger partial charge in [-0.15, -0.1) is 5.10 Å². The number of carbonyl (C=O) groups is 1. The van der Waals surface area contributed by atoms with E-state index in [9.17, 15) is 4.79 Å². The van der Waals surface area contributed by atoms with Gasteiger partial charge >= 0.3 is 0 Å². The van der Waals surface area contributed by atoms with E-state index in [1.165, 1.54) is 12.8 Å². The van der Waals surface area contributed by atoms with E-state index in [2.05, 4.69) is 32.6 Å². The minimum Gasteiger partial charge on any atom is -0.367 e. The van der Waals surface area contributed by atoms with E-state index in [0.29, 0.717) is 18.8 Å². The van der Waals surface area contributed by atoms with Crippen molar-refractivity contribution in [2.24, 2.45) is 5.41 Å².